The highest BCUT2D eigenvalue weighted by Gasteiger charge is 2.24. The third-order valence-electron chi connectivity index (χ3n) is 4.14. The highest BCUT2D eigenvalue weighted by atomic mass is 16.5. The summed E-state index contributed by atoms with van der Waals surface area (Å²) in [6.45, 7) is 4.32. The molecular formula is C20H22N2O3. The molecular weight excluding hydrogens is 316 g/mol. The molecule has 0 aliphatic carbocycles. The first-order valence-electron chi connectivity index (χ1n) is 8.31. The van der Waals surface area contributed by atoms with E-state index >= 15 is 0 Å². The van der Waals surface area contributed by atoms with Crippen molar-refractivity contribution < 1.29 is 14.6 Å². The van der Waals surface area contributed by atoms with Crippen LogP contribution in [0.25, 0.3) is 10.9 Å². The molecule has 1 heterocycles. The maximum Gasteiger partial charge on any atom is 0.267 e. The largest absolute Gasteiger partial charge is 0.494 e. The normalized spacial score (nSPS) is 13.4. The third-order valence-corrected chi connectivity index (χ3v) is 4.14. The third kappa shape index (κ3) is 3.83. The summed E-state index contributed by atoms with van der Waals surface area (Å²) in [5, 5.41) is 14.3. The predicted molar refractivity (Wildman–Crippen MR) is 97.8 cm³/mol. The molecule has 3 rings (SSSR count). The summed E-state index contributed by atoms with van der Waals surface area (Å²) in [5.74, 6) is 0.501. The topological polar surface area (TPSA) is 74.3 Å². The van der Waals surface area contributed by atoms with Crippen LogP contribution < -0.4 is 10.1 Å². The molecule has 1 atom stereocenters. The molecule has 3 aromatic rings. The van der Waals surface area contributed by atoms with Crippen molar-refractivity contribution in [3.63, 3.8) is 0 Å². The lowest BCUT2D eigenvalue weighted by molar-refractivity contribution is 0.0525. The number of ether oxygens (including phenoxy) is 1. The van der Waals surface area contributed by atoms with Crippen LogP contribution >= 0.6 is 0 Å². The van der Waals surface area contributed by atoms with Gasteiger partial charge in [-0.1, -0.05) is 30.3 Å². The molecule has 0 fully saturated rings. The monoisotopic (exact) mass is 338 g/mol. The minimum atomic E-state index is -1.13. The molecule has 130 valence electrons. The van der Waals surface area contributed by atoms with E-state index in [1.54, 1.807) is 13.0 Å². The van der Waals surface area contributed by atoms with Gasteiger partial charge in [-0.05, 0) is 37.6 Å². The van der Waals surface area contributed by atoms with Crippen molar-refractivity contribution in [1.29, 1.82) is 0 Å². The van der Waals surface area contributed by atoms with Crippen LogP contribution in [0.2, 0.25) is 0 Å². The van der Waals surface area contributed by atoms with E-state index in [1.807, 2.05) is 55.5 Å². The van der Waals surface area contributed by atoms with Gasteiger partial charge < -0.3 is 20.1 Å². The van der Waals surface area contributed by atoms with Crippen molar-refractivity contribution in [1.82, 2.24) is 10.3 Å². The molecule has 0 saturated heterocycles. The van der Waals surface area contributed by atoms with Gasteiger partial charge >= 0.3 is 0 Å². The fourth-order valence-electron chi connectivity index (χ4n) is 2.73. The van der Waals surface area contributed by atoms with Crippen LogP contribution in [0.1, 0.15) is 29.9 Å². The zero-order valence-electron chi connectivity index (χ0n) is 14.4. The van der Waals surface area contributed by atoms with Crippen LogP contribution in [0, 0.1) is 0 Å². The standard InChI is InChI=1S/C20H22N2O3/c1-3-25-16-10-9-14-11-18(22-17(14)12-16)19(23)21-13-20(2,24)15-7-5-4-6-8-15/h4-12,22,24H,3,13H2,1-2H3,(H,21,23). The quantitative estimate of drug-likeness (QED) is 0.646. The van der Waals surface area contributed by atoms with Crippen LogP contribution in [0.15, 0.2) is 54.6 Å². The van der Waals surface area contributed by atoms with Crippen LogP contribution in [0.3, 0.4) is 0 Å². The Balaban J connectivity index is 1.72. The van der Waals surface area contributed by atoms with Crippen LogP contribution in [-0.4, -0.2) is 29.1 Å². The van der Waals surface area contributed by atoms with Gasteiger partial charge in [-0.3, -0.25) is 4.79 Å². The summed E-state index contributed by atoms with van der Waals surface area (Å²) in [6, 6.07) is 16.7. The maximum atomic E-state index is 12.4. The zero-order chi connectivity index (χ0) is 17.9. The molecule has 2 aromatic carbocycles. The second-order valence-electron chi connectivity index (χ2n) is 6.19. The van der Waals surface area contributed by atoms with Gasteiger partial charge in [0.15, 0.2) is 0 Å². The lowest BCUT2D eigenvalue weighted by atomic mass is 9.96. The van der Waals surface area contributed by atoms with Gasteiger partial charge in [-0.25, -0.2) is 0 Å². The average molecular weight is 338 g/mol. The van der Waals surface area contributed by atoms with Crippen molar-refractivity contribution >= 4 is 16.8 Å². The van der Waals surface area contributed by atoms with Gasteiger partial charge in [-0.2, -0.15) is 0 Å². The smallest absolute Gasteiger partial charge is 0.267 e. The average Bonchev–Trinajstić information content (AvgIpc) is 3.04. The summed E-state index contributed by atoms with van der Waals surface area (Å²) in [5.41, 5.74) is 0.914. The van der Waals surface area contributed by atoms with E-state index in [2.05, 4.69) is 10.3 Å². The minimum Gasteiger partial charge on any atom is -0.494 e. The summed E-state index contributed by atoms with van der Waals surface area (Å²) in [4.78, 5) is 15.5. The Morgan fingerprint density at radius 1 is 1.20 bits per heavy atom. The van der Waals surface area contributed by atoms with Crippen molar-refractivity contribution in [3.05, 3.63) is 65.9 Å². The van der Waals surface area contributed by atoms with Crippen LogP contribution in [0.5, 0.6) is 5.75 Å². The first-order chi connectivity index (χ1) is 12.0. The molecule has 25 heavy (non-hydrogen) atoms. The number of rotatable bonds is 6. The Labute approximate surface area is 146 Å². The van der Waals surface area contributed by atoms with Crippen molar-refractivity contribution in [2.75, 3.05) is 13.2 Å². The molecule has 0 spiro atoms. The number of carbonyl (C=O) groups excluding carboxylic acids is 1. The number of aromatic nitrogens is 1. The van der Waals surface area contributed by atoms with Crippen LogP contribution in [0.4, 0.5) is 0 Å². The van der Waals surface area contributed by atoms with Gasteiger partial charge in [0.1, 0.15) is 17.0 Å². The Morgan fingerprint density at radius 2 is 1.96 bits per heavy atom. The van der Waals surface area contributed by atoms with E-state index in [-0.39, 0.29) is 12.5 Å². The van der Waals surface area contributed by atoms with Gasteiger partial charge in [-0.15, -0.1) is 0 Å². The molecule has 5 heteroatoms. The first kappa shape index (κ1) is 17.0. The summed E-state index contributed by atoms with van der Waals surface area (Å²) >= 11 is 0. The predicted octanol–water partition coefficient (Wildman–Crippen LogP) is 3.20. The number of aromatic amines is 1. The fraction of sp³-hybridized carbons (Fsp3) is 0.250. The SMILES string of the molecule is CCOc1ccc2cc(C(=O)NCC(C)(O)c3ccccc3)[nH]c2c1. The van der Waals surface area contributed by atoms with Gasteiger partial charge in [0.05, 0.1) is 13.2 Å². The molecule has 1 unspecified atom stereocenters. The minimum absolute atomic E-state index is 0.120. The fourth-order valence-corrected chi connectivity index (χ4v) is 2.73. The summed E-state index contributed by atoms with van der Waals surface area (Å²) in [7, 11) is 0. The van der Waals surface area contributed by atoms with E-state index in [4.69, 9.17) is 4.74 Å². The number of aliphatic hydroxyl groups is 1. The number of amides is 1. The molecule has 0 bridgehead atoms. The summed E-state index contributed by atoms with van der Waals surface area (Å²) < 4.78 is 5.47. The number of carbonyl (C=O) groups is 1. The van der Waals surface area contributed by atoms with Crippen LogP contribution in [-0.2, 0) is 5.60 Å². The number of hydrogen-bond acceptors (Lipinski definition) is 3. The van der Waals surface area contributed by atoms with E-state index in [0.717, 1.165) is 22.2 Å². The van der Waals surface area contributed by atoms with Gasteiger partial charge in [0.2, 0.25) is 0 Å². The highest BCUT2D eigenvalue weighted by Crippen LogP contribution is 2.22. The first-order valence-corrected chi connectivity index (χ1v) is 8.31. The van der Waals surface area contributed by atoms with Crippen molar-refractivity contribution in [2.45, 2.75) is 19.4 Å². The highest BCUT2D eigenvalue weighted by molar-refractivity contribution is 5.98. The van der Waals surface area contributed by atoms with E-state index < -0.39 is 5.60 Å². The maximum absolute atomic E-state index is 12.4. The second kappa shape index (κ2) is 6.99. The number of hydrogen-bond donors (Lipinski definition) is 3. The molecule has 0 aliphatic heterocycles. The van der Waals surface area contributed by atoms with E-state index in [1.165, 1.54) is 0 Å². The molecule has 1 aromatic heterocycles. The van der Waals surface area contributed by atoms with Crippen molar-refractivity contribution in [3.8, 4) is 5.75 Å². The summed E-state index contributed by atoms with van der Waals surface area (Å²) in [6.07, 6.45) is 0. The van der Waals surface area contributed by atoms with E-state index in [0.29, 0.717) is 12.3 Å². The number of H-pyrrole nitrogens is 1. The Bertz CT molecular complexity index is 869. The number of nitrogens with one attached hydrogen (secondary N) is 2. The Hall–Kier alpha value is -2.79. The number of fused-ring (bicyclic) bond motifs is 1. The Morgan fingerprint density at radius 3 is 2.68 bits per heavy atom. The lowest BCUT2D eigenvalue weighted by Gasteiger charge is -2.24. The second-order valence-corrected chi connectivity index (χ2v) is 6.19. The lowest BCUT2D eigenvalue weighted by Crippen LogP contribution is -2.38. The number of benzene rings is 2. The van der Waals surface area contributed by atoms with Crippen molar-refractivity contribution in [2.24, 2.45) is 0 Å². The van der Waals surface area contributed by atoms with Gasteiger partial charge in [0.25, 0.3) is 5.91 Å². The molecule has 5 nitrogen and oxygen atoms in total. The zero-order valence-corrected chi connectivity index (χ0v) is 14.4. The molecule has 0 saturated carbocycles. The Kier molecular flexibility index (Phi) is 4.76. The van der Waals surface area contributed by atoms with Gasteiger partial charge in [0, 0.05) is 17.0 Å². The molecule has 1 amide bonds. The molecule has 0 radical (unpaired) electrons. The molecule has 3 N–H and O–H groups in total. The molecule has 0 aliphatic rings. The van der Waals surface area contributed by atoms with E-state index in [9.17, 15) is 9.90 Å².